The van der Waals surface area contributed by atoms with Gasteiger partial charge in [-0.25, -0.2) is 0 Å². The lowest BCUT2D eigenvalue weighted by Gasteiger charge is -1.99. The minimum Gasteiger partial charge on any atom is -0.311 e. The molecule has 0 bridgehead atoms. The Morgan fingerprint density at radius 3 is 2.93 bits per heavy atom. The molecule has 3 rings (SSSR count). The number of nitrogens with one attached hydrogen (secondary N) is 2. The molecule has 0 aliphatic heterocycles. The van der Waals surface area contributed by atoms with Crippen LogP contribution in [0.25, 0.3) is 0 Å². The summed E-state index contributed by atoms with van der Waals surface area (Å²) >= 11 is 0. The maximum atomic E-state index is 4.33. The summed E-state index contributed by atoms with van der Waals surface area (Å²) in [7, 11) is 0. The molecule has 0 amide bonds. The van der Waals surface area contributed by atoms with Crippen molar-refractivity contribution in [3.8, 4) is 0 Å². The fourth-order valence-corrected chi connectivity index (χ4v) is 1.79. The van der Waals surface area contributed by atoms with Gasteiger partial charge in [0.2, 0.25) is 0 Å². The van der Waals surface area contributed by atoms with Gasteiger partial charge >= 0.3 is 0 Å². The summed E-state index contributed by atoms with van der Waals surface area (Å²) in [5.74, 6) is 1.73. The van der Waals surface area contributed by atoms with Crippen molar-refractivity contribution in [1.82, 2.24) is 15.5 Å². The van der Waals surface area contributed by atoms with Crippen molar-refractivity contribution >= 4 is 0 Å². The molecule has 1 heterocycles. The summed E-state index contributed by atoms with van der Waals surface area (Å²) in [5.41, 5.74) is 2.51. The molecular weight excluding hydrogens is 174 g/mol. The maximum absolute atomic E-state index is 4.33. The molecule has 2 aliphatic carbocycles. The average molecular weight is 191 g/mol. The second-order valence-electron chi connectivity index (χ2n) is 4.67. The predicted octanol–water partition coefficient (Wildman–Crippen LogP) is 1.79. The molecule has 0 saturated heterocycles. The Bertz CT molecular complexity index is 310. The molecule has 1 aromatic heterocycles. The van der Waals surface area contributed by atoms with Gasteiger partial charge in [0.25, 0.3) is 0 Å². The van der Waals surface area contributed by atoms with Crippen molar-refractivity contribution in [2.45, 2.75) is 38.1 Å². The predicted molar refractivity (Wildman–Crippen MR) is 55.0 cm³/mol. The van der Waals surface area contributed by atoms with Crippen molar-refractivity contribution in [3.05, 3.63) is 17.5 Å². The number of H-pyrrole nitrogens is 1. The summed E-state index contributed by atoms with van der Waals surface area (Å²) in [5, 5.41) is 10.9. The summed E-state index contributed by atoms with van der Waals surface area (Å²) in [6, 6.07) is 2.22. The summed E-state index contributed by atoms with van der Waals surface area (Å²) in [4.78, 5) is 0. The zero-order chi connectivity index (χ0) is 9.38. The van der Waals surface area contributed by atoms with E-state index in [-0.39, 0.29) is 0 Å². The minimum absolute atomic E-state index is 0.767. The summed E-state index contributed by atoms with van der Waals surface area (Å²) in [6.45, 7) is 2.13. The molecule has 0 unspecified atom stereocenters. The Morgan fingerprint density at radius 1 is 1.36 bits per heavy atom. The molecule has 2 N–H and O–H groups in total. The SMILES string of the molecule is c1c(C2CC2)n[nH]c1CNCC1CC1. The van der Waals surface area contributed by atoms with Crippen LogP contribution in [0.4, 0.5) is 0 Å². The Morgan fingerprint density at radius 2 is 2.21 bits per heavy atom. The number of nitrogens with zero attached hydrogens (tertiary/aromatic N) is 1. The molecule has 2 saturated carbocycles. The van der Waals surface area contributed by atoms with Gasteiger partial charge in [-0.15, -0.1) is 0 Å². The van der Waals surface area contributed by atoms with E-state index in [1.807, 2.05) is 0 Å². The van der Waals surface area contributed by atoms with E-state index in [2.05, 4.69) is 21.6 Å². The smallest absolute Gasteiger partial charge is 0.0656 e. The quantitative estimate of drug-likeness (QED) is 0.745. The number of rotatable bonds is 5. The normalized spacial score (nSPS) is 21.4. The lowest BCUT2D eigenvalue weighted by molar-refractivity contribution is 0.629. The molecular formula is C11H17N3. The largest absolute Gasteiger partial charge is 0.311 e. The Labute approximate surface area is 84.3 Å². The molecule has 0 aromatic carbocycles. The molecule has 0 spiro atoms. The van der Waals surface area contributed by atoms with Crippen LogP contribution in [0.1, 0.15) is 43.0 Å². The molecule has 0 radical (unpaired) electrons. The number of hydrogen-bond acceptors (Lipinski definition) is 2. The van der Waals surface area contributed by atoms with E-state index in [1.165, 1.54) is 43.6 Å². The van der Waals surface area contributed by atoms with Crippen LogP contribution >= 0.6 is 0 Å². The van der Waals surface area contributed by atoms with Crippen LogP contribution in [0.15, 0.2) is 6.07 Å². The van der Waals surface area contributed by atoms with Crippen molar-refractivity contribution in [2.75, 3.05) is 6.54 Å². The van der Waals surface area contributed by atoms with E-state index >= 15 is 0 Å². The first-order valence-electron chi connectivity index (χ1n) is 5.67. The first kappa shape index (κ1) is 8.48. The third-order valence-corrected chi connectivity index (χ3v) is 3.09. The van der Waals surface area contributed by atoms with Crippen LogP contribution in [-0.2, 0) is 6.54 Å². The molecule has 3 nitrogen and oxygen atoms in total. The van der Waals surface area contributed by atoms with E-state index in [1.54, 1.807) is 0 Å². The van der Waals surface area contributed by atoms with E-state index in [0.717, 1.165) is 18.4 Å². The van der Waals surface area contributed by atoms with Gasteiger partial charge in [0.1, 0.15) is 0 Å². The minimum atomic E-state index is 0.767. The van der Waals surface area contributed by atoms with E-state index in [0.29, 0.717) is 0 Å². The third-order valence-electron chi connectivity index (χ3n) is 3.09. The molecule has 2 aliphatic rings. The molecule has 0 atom stereocenters. The summed E-state index contributed by atoms with van der Waals surface area (Å²) < 4.78 is 0. The van der Waals surface area contributed by atoms with Crippen LogP contribution < -0.4 is 5.32 Å². The molecule has 76 valence electrons. The van der Waals surface area contributed by atoms with Crippen LogP contribution in [0.5, 0.6) is 0 Å². The molecule has 1 aromatic rings. The highest BCUT2D eigenvalue weighted by atomic mass is 15.1. The Balaban J connectivity index is 1.49. The van der Waals surface area contributed by atoms with Crippen molar-refractivity contribution < 1.29 is 0 Å². The maximum Gasteiger partial charge on any atom is 0.0656 e. The monoisotopic (exact) mass is 191 g/mol. The average Bonchev–Trinajstić information content (AvgIpc) is 3.07. The van der Waals surface area contributed by atoms with Gasteiger partial charge in [0, 0.05) is 18.2 Å². The number of aromatic amines is 1. The van der Waals surface area contributed by atoms with Crippen LogP contribution in [0, 0.1) is 5.92 Å². The second-order valence-corrected chi connectivity index (χ2v) is 4.67. The van der Waals surface area contributed by atoms with Gasteiger partial charge < -0.3 is 5.32 Å². The van der Waals surface area contributed by atoms with E-state index < -0.39 is 0 Å². The van der Waals surface area contributed by atoms with E-state index in [4.69, 9.17) is 0 Å². The fourth-order valence-electron chi connectivity index (χ4n) is 1.79. The van der Waals surface area contributed by atoms with Gasteiger partial charge in [-0.3, -0.25) is 5.10 Å². The van der Waals surface area contributed by atoms with Gasteiger partial charge in [-0.2, -0.15) is 5.10 Å². The van der Waals surface area contributed by atoms with Crippen molar-refractivity contribution in [2.24, 2.45) is 5.92 Å². The Hall–Kier alpha value is -0.830. The molecule has 14 heavy (non-hydrogen) atoms. The molecule has 2 fully saturated rings. The van der Waals surface area contributed by atoms with Gasteiger partial charge in [-0.1, -0.05) is 0 Å². The van der Waals surface area contributed by atoms with Crippen molar-refractivity contribution in [1.29, 1.82) is 0 Å². The fraction of sp³-hybridized carbons (Fsp3) is 0.727. The second kappa shape index (κ2) is 3.39. The van der Waals surface area contributed by atoms with Crippen molar-refractivity contribution in [3.63, 3.8) is 0 Å². The van der Waals surface area contributed by atoms with Crippen LogP contribution in [-0.4, -0.2) is 16.7 Å². The van der Waals surface area contributed by atoms with Gasteiger partial charge in [0.15, 0.2) is 0 Å². The van der Waals surface area contributed by atoms with Crippen LogP contribution in [0.3, 0.4) is 0 Å². The lowest BCUT2D eigenvalue weighted by atomic mass is 10.2. The highest BCUT2D eigenvalue weighted by Gasteiger charge is 2.26. The topological polar surface area (TPSA) is 40.7 Å². The van der Waals surface area contributed by atoms with Gasteiger partial charge in [0.05, 0.1) is 5.69 Å². The number of hydrogen-bond donors (Lipinski definition) is 2. The number of aromatic nitrogens is 2. The molecule has 3 heteroatoms. The first-order chi connectivity index (χ1) is 6.92. The third kappa shape index (κ3) is 1.98. The zero-order valence-electron chi connectivity index (χ0n) is 8.42. The van der Waals surface area contributed by atoms with Gasteiger partial charge in [-0.05, 0) is 44.2 Å². The highest BCUT2D eigenvalue weighted by Crippen LogP contribution is 2.38. The zero-order valence-corrected chi connectivity index (χ0v) is 8.42. The summed E-state index contributed by atoms with van der Waals surface area (Å²) in [6.07, 6.45) is 5.51. The highest BCUT2D eigenvalue weighted by molar-refractivity contribution is 5.17. The standard InChI is InChI=1S/C11H17N3/c1-2-8(1)6-12-7-10-5-11(14-13-10)9-3-4-9/h5,8-9,12H,1-4,6-7H2,(H,13,14). The Kier molecular flexibility index (Phi) is 2.05. The lowest BCUT2D eigenvalue weighted by Crippen LogP contribution is -2.16. The first-order valence-corrected chi connectivity index (χ1v) is 5.67. The van der Waals surface area contributed by atoms with E-state index in [9.17, 15) is 0 Å². The van der Waals surface area contributed by atoms with Crippen LogP contribution in [0.2, 0.25) is 0 Å².